The number of nitrogens with zero attached hydrogens (tertiary/aromatic N) is 4. The Hall–Kier alpha value is -3.48. The molecule has 0 radical (unpaired) electrons. The molecule has 3 aromatic rings. The Morgan fingerprint density at radius 2 is 1.93 bits per heavy atom. The van der Waals surface area contributed by atoms with Gasteiger partial charge in [0.1, 0.15) is 6.33 Å². The first-order valence-corrected chi connectivity index (χ1v) is 9.38. The largest absolute Gasteiger partial charge is 0.354 e. The highest BCUT2D eigenvalue weighted by Crippen LogP contribution is 2.40. The summed E-state index contributed by atoms with van der Waals surface area (Å²) in [4.78, 5) is 21.9. The Balaban J connectivity index is 1.75. The lowest BCUT2D eigenvalue weighted by atomic mass is 10.0. The first kappa shape index (κ1) is 17.9. The summed E-state index contributed by atoms with van der Waals surface area (Å²) in [6, 6.07) is 15.8. The van der Waals surface area contributed by atoms with Gasteiger partial charge in [-0.05, 0) is 48.6 Å². The van der Waals surface area contributed by atoms with Crippen molar-refractivity contribution in [3.63, 3.8) is 0 Å². The van der Waals surface area contributed by atoms with Crippen LogP contribution in [0.1, 0.15) is 24.5 Å². The summed E-state index contributed by atoms with van der Waals surface area (Å²) in [7, 11) is 0. The van der Waals surface area contributed by atoms with E-state index in [1.165, 1.54) is 17.5 Å². The maximum absolute atomic E-state index is 11.9. The van der Waals surface area contributed by atoms with Gasteiger partial charge in [0.25, 0.3) is 0 Å². The molecule has 0 saturated heterocycles. The fourth-order valence-electron chi connectivity index (χ4n) is 3.54. The Morgan fingerprint density at radius 1 is 1.14 bits per heavy atom. The molecule has 0 amide bonds. The van der Waals surface area contributed by atoms with Crippen molar-refractivity contribution in [3.8, 4) is 0 Å². The minimum absolute atomic E-state index is 0.112. The van der Waals surface area contributed by atoms with Gasteiger partial charge in [-0.3, -0.25) is 10.1 Å². The molecule has 7 heteroatoms. The molecular weight excluding hydrogens is 354 g/mol. The first-order chi connectivity index (χ1) is 13.7. The summed E-state index contributed by atoms with van der Waals surface area (Å²) in [6.07, 6.45) is 4.19. The van der Waals surface area contributed by atoms with Crippen LogP contribution in [0.25, 0.3) is 0 Å². The Kier molecular flexibility index (Phi) is 4.89. The second-order valence-corrected chi connectivity index (χ2v) is 6.71. The van der Waals surface area contributed by atoms with E-state index in [0.29, 0.717) is 12.4 Å². The van der Waals surface area contributed by atoms with E-state index in [9.17, 15) is 10.1 Å². The number of fused-ring (bicyclic) bond motifs is 1. The number of hydrogen-bond acceptors (Lipinski definition) is 6. The normalized spacial score (nSPS) is 13.1. The molecule has 0 fully saturated rings. The zero-order valence-electron chi connectivity index (χ0n) is 15.6. The van der Waals surface area contributed by atoms with Crippen molar-refractivity contribution in [1.82, 2.24) is 9.97 Å². The van der Waals surface area contributed by atoms with Gasteiger partial charge in [0.2, 0.25) is 11.6 Å². The molecule has 7 nitrogen and oxygen atoms in total. The number of rotatable bonds is 5. The van der Waals surface area contributed by atoms with Crippen molar-refractivity contribution in [2.24, 2.45) is 0 Å². The topological polar surface area (TPSA) is 84.2 Å². The molecule has 0 atom stereocenters. The van der Waals surface area contributed by atoms with Crippen LogP contribution in [0.15, 0.2) is 54.9 Å². The van der Waals surface area contributed by atoms with Crippen LogP contribution in [0.3, 0.4) is 0 Å². The fraction of sp³-hybridized carbons (Fsp3) is 0.238. The average molecular weight is 375 g/mol. The number of hydrogen-bond donors (Lipinski definition) is 1. The summed E-state index contributed by atoms with van der Waals surface area (Å²) in [5, 5.41) is 15.0. The average Bonchev–Trinajstić information content (AvgIpc) is 2.73. The predicted molar refractivity (Wildman–Crippen MR) is 110 cm³/mol. The summed E-state index contributed by atoms with van der Waals surface area (Å²) < 4.78 is 0. The van der Waals surface area contributed by atoms with Crippen molar-refractivity contribution in [2.45, 2.75) is 26.2 Å². The van der Waals surface area contributed by atoms with E-state index < -0.39 is 4.92 Å². The Bertz CT molecular complexity index is 1000. The monoisotopic (exact) mass is 375 g/mol. The van der Waals surface area contributed by atoms with Gasteiger partial charge in [0.05, 0.1) is 4.92 Å². The third-order valence-electron chi connectivity index (χ3n) is 4.98. The molecular formula is C21H21N5O2. The highest BCUT2D eigenvalue weighted by atomic mass is 16.6. The van der Waals surface area contributed by atoms with Crippen molar-refractivity contribution < 1.29 is 4.92 Å². The van der Waals surface area contributed by atoms with Gasteiger partial charge >= 0.3 is 5.69 Å². The number of nitro groups is 1. The van der Waals surface area contributed by atoms with Gasteiger partial charge in [-0.1, -0.05) is 37.3 Å². The van der Waals surface area contributed by atoms with E-state index in [1.807, 2.05) is 47.4 Å². The third kappa shape index (κ3) is 3.38. The first-order valence-electron chi connectivity index (χ1n) is 9.38. The summed E-state index contributed by atoms with van der Waals surface area (Å²) >= 11 is 0. The Labute approximate surface area is 163 Å². The van der Waals surface area contributed by atoms with Gasteiger partial charge in [-0.2, -0.15) is 0 Å². The highest BCUT2D eigenvalue weighted by molar-refractivity contribution is 5.79. The molecule has 1 N–H and O–H groups in total. The van der Waals surface area contributed by atoms with Gasteiger partial charge in [-0.25, -0.2) is 9.97 Å². The van der Waals surface area contributed by atoms with Gasteiger partial charge < -0.3 is 10.2 Å². The van der Waals surface area contributed by atoms with Crippen LogP contribution in [0.5, 0.6) is 0 Å². The summed E-state index contributed by atoms with van der Waals surface area (Å²) in [5.74, 6) is 0.516. The smallest absolute Gasteiger partial charge is 0.334 e. The molecule has 2 heterocycles. The van der Waals surface area contributed by atoms with Gasteiger partial charge in [-0.15, -0.1) is 0 Å². The maximum Gasteiger partial charge on any atom is 0.354 e. The third-order valence-corrected chi connectivity index (χ3v) is 4.98. The number of anilines is 4. The van der Waals surface area contributed by atoms with E-state index >= 15 is 0 Å². The standard InChI is InChI=1S/C21H21N5O2/c1-2-15-9-11-17(12-10-15)24-20-19(26(27)28)21(23-14-22-20)25-13-5-7-16-6-3-4-8-18(16)25/h3-4,6,8-12,14H,2,5,7,13H2,1H3,(H,22,23,24). The van der Waals surface area contributed by atoms with Crippen molar-refractivity contribution in [2.75, 3.05) is 16.8 Å². The van der Waals surface area contributed by atoms with Crippen LogP contribution in [0.2, 0.25) is 0 Å². The lowest BCUT2D eigenvalue weighted by Gasteiger charge is -2.30. The van der Waals surface area contributed by atoms with Crippen molar-refractivity contribution >= 4 is 28.7 Å². The van der Waals surface area contributed by atoms with Crippen molar-refractivity contribution in [3.05, 3.63) is 76.1 Å². The molecule has 142 valence electrons. The highest BCUT2D eigenvalue weighted by Gasteiger charge is 2.30. The minimum atomic E-state index is -0.407. The predicted octanol–water partition coefficient (Wildman–Crippen LogP) is 4.78. The van der Waals surface area contributed by atoms with Crippen LogP contribution >= 0.6 is 0 Å². The van der Waals surface area contributed by atoms with Gasteiger partial charge in [0.15, 0.2) is 0 Å². The quantitative estimate of drug-likeness (QED) is 0.510. The van der Waals surface area contributed by atoms with Crippen LogP contribution in [-0.2, 0) is 12.8 Å². The molecule has 0 unspecified atom stereocenters. The number of nitrogens with one attached hydrogen (secondary N) is 1. The fourth-order valence-corrected chi connectivity index (χ4v) is 3.54. The van der Waals surface area contributed by atoms with Crippen LogP contribution in [0.4, 0.5) is 28.7 Å². The lowest BCUT2D eigenvalue weighted by Crippen LogP contribution is -2.26. The minimum Gasteiger partial charge on any atom is -0.334 e. The van der Waals surface area contributed by atoms with Crippen LogP contribution in [0, 0.1) is 10.1 Å². The molecule has 4 rings (SSSR count). The maximum atomic E-state index is 11.9. The van der Waals surface area contributed by atoms with Crippen LogP contribution in [-0.4, -0.2) is 21.4 Å². The number of aromatic nitrogens is 2. The van der Waals surface area contributed by atoms with E-state index in [-0.39, 0.29) is 11.5 Å². The van der Waals surface area contributed by atoms with E-state index in [4.69, 9.17) is 0 Å². The van der Waals surface area contributed by atoms with Crippen molar-refractivity contribution in [1.29, 1.82) is 0 Å². The molecule has 1 aliphatic heterocycles. The molecule has 1 aliphatic rings. The number of benzene rings is 2. The number of aryl methyl sites for hydroxylation is 2. The Morgan fingerprint density at radius 3 is 2.68 bits per heavy atom. The molecule has 2 aromatic carbocycles. The summed E-state index contributed by atoms with van der Waals surface area (Å²) in [5.41, 5.74) is 3.98. The van der Waals surface area contributed by atoms with E-state index in [1.54, 1.807) is 0 Å². The van der Waals surface area contributed by atoms with Gasteiger partial charge in [0, 0.05) is 17.9 Å². The lowest BCUT2D eigenvalue weighted by molar-refractivity contribution is -0.383. The second-order valence-electron chi connectivity index (χ2n) is 6.71. The zero-order chi connectivity index (χ0) is 19.5. The molecule has 0 aliphatic carbocycles. The SMILES string of the molecule is CCc1ccc(Nc2ncnc(N3CCCc4ccccc43)c2[N+](=O)[O-])cc1. The molecule has 28 heavy (non-hydrogen) atoms. The second kappa shape index (κ2) is 7.64. The molecule has 1 aromatic heterocycles. The summed E-state index contributed by atoms with van der Waals surface area (Å²) in [6.45, 7) is 2.76. The molecule has 0 spiro atoms. The van der Waals surface area contributed by atoms with E-state index in [2.05, 4.69) is 28.3 Å². The molecule has 0 bridgehead atoms. The van der Waals surface area contributed by atoms with E-state index in [0.717, 1.165) is 30.6 Å². The zero-order valence-corrected chi connectivity index (χ0v) is 15.6. The van der Waals surface area contributed by atoms with Crippen LogP contribution < -0.4 is 10.2 Å². The molecule has 0 saturated carbocycles. The number of para-hydroxylation sites is 1.